The number of anilines is 1. The molecule has 1 aromatic rings. The lowest BCUT2D eigenvalue weighted by Gasteiger charge is -2.32. The molecule has 1 amide bonds. The van der Waals surface area contributed by atoms with Gasteiger partial charge in [-0.1, -0.05) is 41.1 Å². The summed E-state index contributed by atoms with van der Waals surface area (Å²) in [5.74, 6) is -0.778. The highest BCUT2D eigenvalue weighted by molar-refractivity contribution is 9.10. The molecular weight excluding hydrogens is 374 g/mol. The van der Waals surface area contributed by atoms with Crippen molar-refractivity contribution in [1.29, 1.82) is 0 Å². The lowest BCUT2D eigenvalue weighted by Crippen LogP contribution is -2.47. The lowest BCUT2D eigenvalue weighted by atomic mass is 9.83. The average Bonchev–Trinajstić information content (AvgIpc) is 2.68. The fraction of sp³-hybridized carbons (Fsp3) is 0.444. The van der Waals surface area contributed by atoms with Gasteiger partial charge in [-0.05, 0) is 25.5 Å². The maximum Gasteiger partial charge on any atom is 0.326 e. The van der Waals surface area contributed by atoms with Crippen molar-refractivity contribution in [2.24, 2.45) is 5.92 Å². The van der Waals surface area contributed by atoms with Crippen molar-refractivity contribution in [1.82, 2.24) is 0 Å². The van der Waals surface area contributed by atoms with Crippen LogP contribution in [0, 0.1) is 5.92 Å². The Labute approximate surface area is 149 Å². The maximum absolute atomic E-state index is 13.3. The zero-order valence-electron chi connectivity index (χ0n) is 13.8. The third kappa shape index (κ3) is 2.58. The van der Waals surface area contributed by atoms with Crippen LogP contribution in [-0.4, -0.2) is 31.6 Å². The molecule has 3 rings (SSSR count). The first-order valence-corrected chi connectivity index (χ1v) is 8.88. The number of nitrogens with zero attached hydrogens (tertiary/aromatic N) is 1. The Morgan fingerprint density at radius 3 is 3.04 bits per heavy atom. The molecule has 128 valence electrons. The Bertz CT molecular complexity index is 702. The third-order valence-corrected chi connectivity index (χ3v) is 5.15. The van der Waals surface area contributed by atoms with Crippen LogP contribution in [0.3, 0.4) is 0 Å². The number of ether oxygens (including phenoxy) is 2. The summed E-state index contributed by atoms with van der Waals surface area (Å²) in [6.07, 6.45) is 4.82. The number of benzene rings is 1. The van der Waals surface area contributed by atoms with Crippen molar-refractivity contribution < 1.29 is 19.1 Å². The number of hydrogen-bond acceptors (Lipinski definition) is 4. The predicted molar refractivity (Wildman–Crippen MR) is 93.7 cm³/mol. The van der Waals surface area contributed by atoms with Gasteiger partial charge in [-0.3, -0.25) is 14.5 Å². The van der Waals surface area contributed by atoms with E-state index in [-0.39, 0.29) is 25.0 Å². The molecular formula is C18H20BrNO4. The van der Waals surface area contributed by atoms with Gasteiger partial charge in [-0.25, -0.2) is 0 Å². The number of fused-ring (bicyclic) bond motifs is 2. The standard InChI is InChI=1S/C18H20BrNO4/c1-3-23-15(21)11-20-14-9-6-8-13(19)16(14)18(17(20)22)12(2)7-4-5-10-24-18/h4,6-9,12H,3,5,10-11H2,1-2H3/t12-,18-/m1/s1. The van der Waals surface area contributed by atoms with Gasteiger partial charge in [0, 0.05) is 16.0 Å². The van der Waals surface area contributed by atoms with Crippen LogP contribution < -0.4 is 4.90 Å². The Kier molecular flexibility index (Phi) is 4.78. The molecule has 0 radical (unpaired) electrons. The van der Waals surface area contributed by atoms with Gasteiger partial charge in [-0.2, -0.15) is 0 Å². The first-order chi connectivity index (χ1) is 11.5. The normalized spacial score (nSPS) is 25.7. The van der Waals surface area contributed by atoms with Crippen LogP contribution in [0.25, 0.3) is 0 Å². The lowest BCUT2D eigenvalue weighted by molar-refractivity contribution is -0.151. The Morgan fingerprint density at radius 2 is 2.29 bits per heavy atom. The van der Waals surface area contributed by atoms with Gasteiger partial charge in [0.2, 0.25) is 0 Å². The van der Waals surface area contributed by atoms with E-state index < -0.39 is 11.6 Å². The Balaban J connectivity index is 2.11. The van der Waals surface area contributed by atoms with Crippen molar-refractivity contribution in [3.63, 3.8) is 0 Å². The fourth-order valence-corrected chi connectivity index (χ4v) is 4.08. The number of carbonyl (C=O) groups excluding carboxylic acids is 2. The fourth-order valence-electron chi connectivity index (χ4n) is 3.43. The van der Waals surface area contributed by atoms with Gasteiger partial charge in [0.25, 0.3) is 5.91 Å². The van der Waals surface area contributed by atoms with Gasteiger partial charge in [0.15, 0.2) is 5.60 Å². The van der Waals surface area contributed by atoms with E-state index in [4.69, 9.17) is 9.47 Å². The second-order valence-corrected chi connectivity index (χ2v) is 6.77. The van der Waals surface area contributed by atoms with Crippen molar-refractivity contribution in [3.05, 3.63) is 40.4 Å². The van der Waals surface area contributed by atoms with Gasteiger partial charge < -0.3 is 9.47 Å². The summed E-state index contributed by atoms with van der Waals surface area (Å²) >= 11 is 3.56. The predicted octanol–water partition coefficient (Wildman–Crippen LogP) is 3.17. The van der Waals surface area contributed by atoms with Crippen LogP contribution >= 0.6 is 15.9 Å². The number of amides is 1. The van der Waals surface area contributed by atoms with Crippen molar-refractivity contribution in [2.75, 3.05) is 24.7 Å². The van der Waals surface area contributed by atoms with Crippen molar-refractivity contribution >= 4 is 33.5 Å². The average molecular weight is 394 g/mol. The highest BCUT2D eigenvalue weighted by Gasteiger charge is 2.56. The second kappa shape index (κ2) is 6.69. The molecule has 0 N–H and O–H groups in total. The van der Waals surface area contributed by atoms with E-state index in [9.17, 15) is 9.59 Å². The summed E-state index contributed by atoms with van der Waals surface area (Å²) in [7, 11) is 0. The molecule has 0 aliphatic carbocycles. The van der Waals surface area contributed by atoms with E-state index in [0.29, 0.717) is 12.3 Å². The highest BCUT2D eigenvalue weighted by atomic mass is 79.9. The molecule has 24 heavy (non-hydrogen) atoms. The molecule has 0 saturated carbocycles. The van der Waals surface area contributed by atoms with Gasteiger partial charge in [0.1, 0.15) is 6.54 Å². The third-order valence-electron chi connectivity index (χ3n) is 4.49. The van der Waals surface area contributed by atoms with Crippen LogP contribution in [-0.2, 0) is 24.7 Å². The molecule has 0 fully saturated rings. The van der Waals surface area contributed by atoms with E-state index in [0.717, 1.165) is 16.5 Å². The minimum absolute atomic E-state index is 0.113. The number of halogens is 1. The minimum atomic E-state index is -1.10. The smallest absolute Gasteiger partial charge is 0.326 e. The van der Waals surface area contributed by atoms with E-state index in [1.807, 2.05) is 37.3 Å². The van der Waals surface area contributed by atoms with Gasteiger partial charge in [0.05, 0.1) is 18.9 Å². The molecule has 0 bridgehead atoms. The first-order valence-electron chi connectivity index (χ1n) is 8.09. The molecule has 0 unspecified atom stereocenters. The van der Waals surface area contributed by atoms with Gasteiger partial charge >= 0.3 is 5.97 Å². The molecule has 2 heterocycles. The molecule has 1 spiro atoms. The molecule has 0 saturated heterocycles. The minimum Gasteiger partial charge on any atom is -0.465 e. The Hall–Kier alpha value is -1.66. The molecule has 2 aliphatic rings. The summed E-state index contributed by atoms with van der Waals surface area (Å²) in [6, 6.07) is 5.59. The number of rotatable bonds is 3. The highest BCUT2D eigenvalue weighted by Crippen LogP contribution is 2.51. The summed E-state index contributed by atoms with van der Waals surface area (Å²) in [4.78, 5) is 26.8. The topological polar surface area (TPSA) is 55.8 Å². The van der Waals surface area contributed by atoms with E-state index in [2.05, 4.69) is 15.9 Å². The molecule has 0 aromatic heterocycles. The molecule has 5 nitrogen and oxygen atoms in total. The maximum atomic E-state index is 13.3. The van der Waals surface area contributed by atoms with Crippen LogP contribution in [0.1, 0.15) is 25.8 Å². The van der Waals surface area contributed by atoms with Crippen molar-refractivity contribution in [2.45, 2.75) is 25.9 Å². The summed E-state index contributed by atoms with van der Waals surface area (Å²) in [5, 5.41) is 0. The monoisotopic (exact) mass is 393 g/mol. The first kappa shape index (κ1) is 17.2. The number of hydrogen-bond donors (Lipinski definition) is 0. The van der Waals surface area contributed by atoms with Crippen LogP contribution in [0.2, 0.25) is 0 Å². The van der Waals surface area contributed by atoms with E-state index >= 15 is 0 Å². The summed E-state index contributed by atoms with van der Waals surface area (Å²) < 4.78 is 12.0. The summed E-state index contributed by atoms with van der Waals surface area (Å²) in [5.41, 5.74) is 0.387. The molecule has 6 heteroatoms. The number of esters is 1. The molecule has 1 aromatic carbocycles. The Morgan fingerprint density at radius 1 is 1.50 bits per heavy atom. The zero-order valence-corrected chi connectivity index (χ0v) is 15.3. The number of carbonyl (C=O) groups is 2. The second-order valence-electron chi connectivity index (χ2n) is 5.92. The summed E-state index contributed by atoms with van der Waals surface area (Å²) in [6.45, 7) is 4.35. The van der Waals surface area contributed by atoms with Crippen LogP contribution in [0.4, 0.5) is 5.69 Å². The van der Waals surface area contributed by atoms with Crippen LogP contribution in [0.15, 0.2) is 34.8 Å². The zero-order chi connectivity index (χ0) is 17.3. The van der Waals surface area contributed by atoms with E-state index in [1.165, 1.54) is 4.90 Å². The quantitative estimate of drug-likeness (QED) is 0.584. The SMILES string of the molecule is CCOC(=O)CN1C(=O)[C@]2(OCCC=C[C@H]2C)c2c(Br)cccc21. The van der Waals surface area contributed by atoms with Gasteiger partial charge in [-0.15, -0.1) is 0 Å². The van der Waals surface area contributed by atoms with E-state index in [1.54, 1.807) is 6.92 Å². The molecule has 2 atom stereocenters. The largest absolute Gasteiger partial charge is 0.465 e. The van der Waals surface area contributed by atoms with Crippen molar-refractivity contribution in [3.8, 4) is 0 Å². The van der Waals surface area contributed by atoms with Crippen LogP contribution in [0.5, 0.6) is 0 Å². The molecule has 2 aliphatic heterocycles.